The van der Waals surface area contributed by atoms with E-state index >= 15 is 0 Å². The van der Waals surface area contributed by atoms with Gasteiger partial charge < -0.3 is 5.32 Å². The number of nitrogens with one attached hydrogen (secondary N) is 1. The van der Waals surface area contributed by atoms with E-state index in [1.165, 1.54) is 6.42 Å². The summed E-state index contributed by atoms with van der Waals surface area (Å²) in [4.78, 5) is 0.372. The molecule has 1 fully saturated rings. The number of rotatable bonds is 4. The second-order valence-electron chi connectivity index (χ2n) is 5.62. The molecule has 0 spiro atoms. The topological polar surface area (TPSA) is 49.4 Å². The Kier molecular flexibility index (Phi) is 4.70. The van der Waals surface area contributed by atoms with Gasteiger partial charge in [0.15, 0.2) is 0 Å². The van der Waals surface area contributed by atoms with Gasteiger partial charge in [0.05, 0.1) is 4.90 Å². The molecule has 20 heavy (non-hydrogen) atoms. The Balaban J connectivity index is 2.23. The molecular formula is C15H24N2O2S. The van der Waals surface area contributed by atoms with E-state index in [0.29, 0.717) is 10.8 Å². The zero-order valence-corrected chi connectivity index (χ0v) is 13.3. The molecule has 2 atom stereocenters. The SMILES string of the molecule is CNc1ccc(S(=O)(=O)N(C)C2CCCCC2C)cc1. The molecule has 0 heterocycles. The monoisotopic (exact) mass is 296 g/mol. The normalized spacial score (nSPS) is 23.8. The number of anilines is 1. The highest BCUT2D eigenvalue weighted by molar-refractivity contribution is 7.89. The Bertz CT molecular complexity index is 539. The lowest BCUT2D eigenvalue weighted by Gasteiger charge is -2.35. The fourth-order valence-corrected chi connectivity index (χ4v) is 4.46. The van der Waals surface area contributed by atoms with Crippen LogP contribution in [0, 0.1) is 5.92 Å². The summed E-state index contributed by atoms with van der Waals surface area (Å²) < 4.78 is 26.9. The van der Waals surface area contributed by atoms with Crippen LogP contribution in [0.4, 0.5) is 5.69 Å². The van der Waals surface area contributed by atoms with Crippen LogP contribution in [0.2, 0.25) is 0 Å². The van der Waals surface area contributed by atoms with Crippen molar-refractivity contribution in [2.24, 2.45) is 5.92 Å². The van der Waals surface area contributed by atoms with Gasteiger partial charge in [0, 0.05) is 25.8 Å². The molecular weight excluding hydrogens is 272 g/mol. The van der Waals surface area contributed by atoms with Gasteiger partial charge in [0.1, 0.15) is 0 Å². The molecule has 1 aliphatic rings. The summed E-state index contributed by atoms with van der Waals surface area (Å²) in [5, 5.41) is 3.00. The Morgan fingerprint density at radius 2 is 1.75 bits per heavy atom. The summed E-state index contributed by atoms with van der Waals surface area (Å²) in [7, 11) is 0.144. The molecule has 4 nitrogen and oxygen atoms in total. The molecule has 1 N–H and O–H groups in total. The summed E-state index contributed by atoms with van der Waals surface area (Å²) >= 11 is 0. The van der Waals surface area contributed by atoms with Gasteiger partial charge in [-0.15, -0.1) is 0 Å². The third-order valence-corrected chi connectivity index (χ3v) is 6.25. The molecule has 1 saturated carbocycles. The highest BCUT2D eigenvalue weighted by atomic mass is 32.2. The van der Waals surface area contributed by atoms with Crippen molar-refractivity contribution in [3.05, 3.63) is 24.3 Å². The van der Waals surface area contributed by atoms with Crippen LogP contribution in [0.25, 0.3) is 0 Å². The highest BCUT2D eigenvalue weighted by Crippen LogP contribution is 2.30. The van der Waals surface area contributed by atoms with Crippen molar-refractivity contribution in [2.45, 2.75) is 43.5 Å². The summed E-state index contributed by atoms with van der Waals surface area (Å²) in [6.45, 7) is 2.15. The molecule has 0 aliphatic heterocycles. The number of hydrogen-bond acceptors (Lipinski definition) is 3. The summed E-state index contributed by atoms with van der Waals surface area (Å²) in [6.07, 6.45) is 4.41. The minimum atomic E-state index is -3.39. The molecule has 1 aromatic carbocycles. The number of hydrogen-bond donors (Lipinski definition) is 1. The smallest absolute Gasteiger partial charge is 0.243 e. The van der Waals surface area contributed by atoms with E-state index in [0.717, 1.165) is 24.9 Å². The van der Waals surface area contributed by atoms with Crippen LogP contribution in [0.15, 0.2) is 29.2 Å². The molecule has 1 aromatic rings. The number of benzene rings is 1. The summed E-state index contributed by atoms with van der Waals surface area (Å²) in [5.41, 5.74) is 0.914. The molecule has 0 bridgehead atoms. The lowest BCUT2D eigenvalue weighted by Crippen LogP contribution is -2.42. The maximum absolute atomic E-state index is 12.7. The minimum Gasteiger partial charge on any atom is -0.388 e. The lowest BCUT2D eigenvalue weighted by atomic mass is 9.86. The second kappa shape index (κ2) is 6.14. The fourth-order valence-electron chi connectivity index (χ4n) is 2.97. The van der Waals surface area contributed by atoms with Gasteiger partial charge in [-0.25, -0.2) is 8.42 Å². The average Bonchev–Trinajstić information content (AvgIpc) is 2.47. The Morgan fingerprint density at radius 1 is 1.15 bits per heavy atom. The Morgan fingerprint density at radius 3 is 2.30 bits per heavy atom. The first-order chi connectivity index (χ1) is 9.46. The first-order valence-corrected chi connectivity index (χ1v) is 8.66. The molecule has 0 aromatic heterocycles. The summed E-state index contributed by atoms with van der Waals surface area (Å²) in [5.74, 6) is 0.431. The van der Waals surface area contributed by atoms with Gasteiger partial charge in [-0.3, -0.25) is 0 Å². The highest BCUT2D eigenvalue weighted by Gasteiger charge is 2.32. The quantitative estimate of drug-likeness (QED) is 0.929. The van der Waals surface area contributed by atoms with Gasteiger partial charge in [0.2, 0.25) is 10.0 Å². The van der Waals surface area contributed by atoms with Gasteiger partial charge in [0.25, 0.3) is 0 Å². The zero-order chi connectivity index (χ0) is 14.8. The van der Waals surface area contributed by atoms with Crippen molar-refractivity contribution in [1.82, 2.24) is 4.31 Å². The van der Waals surface area contributed by atoms with Gasteiger partial charge in [-0.1, -0.05) is 19.8 Å². The number of sulfonamides is 1. The molecule has 1 aliphatic carbocycles. The second-order valence-corrected chi connectivity index (χ2v) is 7.62. The Hall–Kier alpha value is -1.07. The van der Waals surface area contributed by atoms with Crippen molar-refractivity contribution in [1.29, 1.82) is 0 Å². The van der Waals surface area contributed by atoms with Crippen LogP contribution in [-0.2, 0) is 10.0 Å². The van der Waals surface area contributed by atoms with E-state index in [1.54, 1.807) is 35.6 Å². The maximum atomic E-state index is 12.7. The van der Waals surface area contributed by atoms with Crippen LogP contribution >= 0.6 is 0 Å². The first-order valence-electron chi connectivity index (χ1n) is 7.22. The maximum Gasteiger partial charge on any atom is 0.243 e. The van der Waals surface area contributed by atoms with Crippen molar-refractivity contribution < 1.29 is 8.42 Å². The first kappa shape index (κ1) is 15.3. The van der Waals surface area contributed by atoms with E-state index < -0.39 is 10.0 Å². The van der Waals surface area contributed by atoms with Gasteiger partial charge >= 0.3 is 0 Å². The lowest BCUT2D eigenvalue weighted by molar-refractivity contribution is 0.213. The molecule has 0 saturated heterocycles. The molecule has 2 rings (SSSR count). The van der Waals surface area contributed by atoms with Crippen molar-refractivity contribution >= 4 is 15.7 Å². The van der Waals surface area contributed by atoms with E-state index in [-0.39, 0.29) is 6.04 Å². The van der Waals surface area contributed by atoms with E-state index in [4.69, 9.17) is 0 Å². The molecule has 5 heteroatoms. The molecule has 0 radical (unpaired) electrons. The number of nitrogens with zero attached hydrogens (tertiary/aromatic N) is 1. The molecule has 2 unspecified atom stereocenters. The van der Waals surface area contributed by atoms with Crippen LogP contribution in [0.1, 0.15) is 32.6 Å². The largest absolute Gasteiger partial charge is 0.388 e. The molecule has 112 valence electrons. The molecule has 0 amide bonds. The Labute approximate surface area is 122 Å². The van der Waals surface area contributed by atoms with E-state index in [1.807, 2.05) is 7.05 Å². The van der Waals surface area contributed by atoms with Crippen LogP contribution < -0.4 is 5.32 Å². The third-order valence-electron chi connectivity index (χ3n) is 4.35. The average molecular weight is 296 g/mol. The van der Waals surface area contributed by atoms with Crippen molar-refractivity contribution in [2.75, 3.05) is 19.4 Å². The third kappa shape index (κ3) is 2.99. The zero-order valence-electron chi connectivity index (χ0n) is 12.5. The van der Waals surface area contributed by atoms with E-state index in [2.05, 4.69) is 12.2 Å². The van der Waals surface area contributed by atoms with Gasteiger partial charge in [-0.05, 0) is 43.0 Å². The minimum absolute atomic E-state index is 0.123. The van der Waals surface area contributed by atoms with Gasteiger partial charge in [-0.2, -0.15) is 4.31 Å². The predicted molar refractivity (Wildman–Crippen MR) is 82.4 cm³/mol. The predicted octanol–water partition coefficient (Wildman–Crippen LogP) is 2.93. The van der Waals surface area contributed by atoms with Crippen LogP contribution in [0.5, 0.6) is 0 Å². The van der Waals surface area contributed by atoms with Crippen LogP contribution in [-0.4, -0.2) is 32.9 Å². The standard InChI is InChI=1S/C15H24N2O2S/c1-12-6-4-5-7-15(12)17(3)20(18,19)14-10-8-13(16-2)9-11-14/h8-12,15-16H,4-7H2,1-3H3. The van der Waals surface area contributed by atoms with Crippen molar-refractivity contribution in [3.8, 4) is 0 Å². The van der Waals surface area contributed by atoms with Crippen molar-refractivity contribution in [3.63, 3.8) is 0 Å². The fraction of sp³-hybridized carbons (Fsp3) is 0.600. The summed E-state index contributed by atoms with van der Waals surface area (Å²) in [6, 6.07) is 7.06. The van der Waals surface area contributed by atoms with Crippen LogP contribution in [0.3, 0.4) is 0 Å². The van der Waals surface area contributed by atoms with E-state index in [9.17, 15) is 8.42 Å².